The second-order valence-corrected chi connectivity index (χ2v) is 9.48. The maximum absolute atomic E-state index is 13.5. The van der Waals surface area contributed by atoms with E-state index in [4.69, 9.17) is 4.42 Å². The SMILES string of the molecule is CCCN(Cc1nnc(-c2cccs2)o1)C(=O)CN1C(=O)N[C@@]2(CCCc3ccccc32)C1=O. The molecule has 1 aromatic carbocycles. The number of nitrogens with one attached hydrogen (secondary N) is 1. The number of carbonyl (C=O) groups excluding carboxylic acids is 3. The Morgan fingerprint density at radius 3 is 2.88 bits per heavy atom. The fourth-order valence-electron chi connectivity index (χ4n) is 4.73. The van der Waals surface area contributed by atoms with Crippen LogP contribution in [0.1, 0.15) is 43.2 Å². The number of carbonyl (C=O) groups is 3. The van der Waals surface area contributed by atoms with E-state index in [1.54, 1.807) is 4.90 Å². The molecule has 5 rings (SSSR count). The van der Waals surface area contributed by atoms with E-state index >= 15 is 0 Å². The van der Waals surface area contributed by atoms with Gasteiger partial charge in [0.1, 0.15) is 12.1 Å². The van der Waals surface area contributed by atoms with Gasteiger partial charge in [0.2, 0.25) is 11.8 Å². The zero-order valence-electron chi connectivity index (χ0n) is 18.8. The molecule has 1 fully saturated rings. The summed E-state index contributed by atoms with van der Waals surface area (Å²) in [5, 5.41) is 12.9. The molecule has 0 bridgehead atoms. The Hall–Kier alpha value is -3.53. The molecule has 1 aliphatic carbocycles. The standard InChI is InChI=1S/C24H25N5O4S/c1-2-12-28(14-19-26-27-21(33-19)18-10-6-13-34-18)20(30)15-29-22(31)24(25-23(29)32)11-5-8-16-7-3-4-9-17(16)24/h3-4,6-7,9-10,13H,2,5,8,11-12,14-15H2,1H3,(H,25,32)/t24-/m1/s1. The van der Waals surface area contributed by atoms with Crippen LogP contribution in [0.2, 0.25) is 0 Å². The van der Waals surface area contributed by atoms with Crippen LogP contribution >= 0.6 is 11.3 Å². The van der Waals surface area contributed by atoms with E-state index in [9.17, 15) is 14.4 Å². The predicted molar refractivity (Wildman–Crippen MR) is 125 cm³/mol. The summed E-state index contributed by atoms with van der Waals surface area (Å²) >= 11 is 1.49. The van der Waals surface area contributed by atoms with Gasteiger partial charge in [-0.2, -0.15) is 0 Å². The molecule has 1 saturated heterocycles. The maximum Gasteiger partial charge on any atom is 0.325 e. The lowest BCUT2D eigenvalue weighted by Gasteiger charge is -2.33. The summed E-state index contributed by atoms with van der Waals surface area (Å²) in [6.07, 6.45) is 2.87. The highest BCUT2D eigenvalue weighted by molar-refractivity contribution is 7.13. The molecular weight excluding hydrogens is 454 g/mol. The van der Waals surface area contributed by atoms with Crippen molar-refractivity contribution in [2.75, 3.05) is 13.1 Å². The van der Waals surface area contributed by atoms with E-state index in [1.807, 2.05) is 48.7 Å². The zero-order chi connectivity index (χ0) is 23.7. The quantitative estimate of drug-likeness (QED) is 0.521. The van der Waals surface area contributed by atoms with Crippen LogP contribution in [0.4, 0.5) is 4.79 Å². The molecule has 0 unspecified atom stereocenters. The second-order valence-electron chi connectivity index (χ2n) is 8.53. The van der Waals surface area contributed by atoms with Crippen LogP contribution in [0.5, 0.6) is 0 Å². The minimum absolute atomic E-state index is 0.114. The van der Waals surface area contributed by atoms with Gasteiger partial charge in [-0.25, -0.2) is 4.79 Å². The van der Waals surface area contributed by atoms with Gasteiger partial charge in [-0.3, -0.25) is 14.5 Å². The van der Waals surface area contributed by atoms with E-state index < -0.39 is 11.6 Å². The summed E-state index contributed by atoms with van der Waals surface area (Å²) in [5.74, 6) is -0.00410. The first kappa shape index (κ1) is 22.3. The molecule has 1 spiro atoms. The third kappa shape index (κ3) is 3.87. The molecule has 2 aromatic heterocycles. The van der Waals surface area contributed by atoms with Gasteiger partial charge in [0.05, 0.1) is 11.4 Å². The first-order chi connectivity index (χ1) is 16.5. The van der Waals surface area contributed by atoms with Crippen LogP contribution in [0, 0.1) is 0 Å². The number of aromatic nitrogens is 2. The molecule has 2 aliphatic rings. The average Bonchev–Trinajstić information content (AvgIpc) is 3.57. The van der Waals surface area contributed by atoms with Crippen LogP contribution < -0.4 is 5.32 Å². The van der Waals surface area contributed by atoms with Gasteiger partial charge in [-0.1, -0.05) is 37.3 Å². The minimum atomic E-state index is -1.09. The number of nitrogens with zero attached hydrogens (tertiary/aromatic N) is 4. The summed E-state index contributed by atoms with van der Waals surface area (Å²) in [6, 6.07) is 10.9. The lowest BCUT2D eigenvalue weighted by Crippen LogP contribution is -2.47. The van der Waals surface area contributed by atoms with E-state index in [1.165, 1.54) is 11.3 Å². The summed E-state index contributed by atoms with van der Waals surface area (Å²) in [5.41, 5.74) is 0.789. The third-order valence-electron chi connectivity index (χ3n) is 6.32. The van der Waals surface area contributed by atoms with Crippen molar-refractivity contribution >= 4 is 29.2 Å². The number of benzene rings is 1. The minimum Gasteiger partial charge on any atom is -0.418 e. The number of imide groups is 1. The number of thiophene rings is 1. The number of urea groups is 1. The van der Waals surface area contributed by atoms with Crippen LogP contribution in [0.3, 0.4) is 0 Å². The normalized spacial score (nSPS) is 19.4. The summed E-state index contributed by atoms with van der Waals surface area (Å²) < 4.78 is 5.73. The molecule has 1 N–H and O–H groups in total. The van der Waals surface area contributed by atoms with Gasteiger partial charge in [0, 0.05) is 6.54 Å². The van der Waals surface area contributed by atoms with Crippen molar-refractivity contribution in [3.05, 3.63) is 58.8 Å². The molecule has 1 aliphatic heterocycles. The lowest BCUT2D eigenvalue weighted by molar-refractivity contribution is -0.140. The van der Waals surface area contributed by atoms with E-state index in [2.05, 4.69) is 15.5 Å². The highest BCUT2D eigenvalue weighted by Crippen LogP contribution is 2.39. The van der Waals surface area contributed by atoms with Crippen molar-refractivity contribution in [3.63, 3.8) is 0 Å². The Bertz CT molecular complexity index is 1220. The summed E-state index contributed by atoms with van der Waals surface area (Å²) in [7, 11) is 0. The number of fused-ring (bicyclic) bond motifs is 2. The van der Waals surface area contributed by atoms with Crippen molar-refractivity contribution in [2.45, 2.75) is 44.7 Å². The molecule has 1 atom stereocenters. The van der Waals surface area contributed by atoms with Crippen molar-refractivity contribution in [1.29, 1.82) is 0 Å². The molecule has 34 heavy (non-hydrogen) atoms. The zero-order valence-corrected chi connectivity index (χ0v) is 19.6. The molecular formula is C24H25N5O4S. The Labute approximate surface area is 200 Å². The van der Waals surface area contributed by atoms with Crippen molar-refractivity contribution < 1.29 is 18.8 Å². The first-order valence-corrected chi connectivity index (χ1v) is 12.3. The molecule has 3 aromatic rings. The third-order valence-corrected chi connectivity index (χ3v) is 7.17. The Balaban J connectivity index is 1.32. The molecule has 4 amide bonds. The molecule has 3 heterocycles. The lowest BCUT2D eigenvalue weighted by atomic mass is 9.76. The number of hydrogen-bond donors (Lipinski definition) is 1. The molecule has 10 heteroatoms. The van der Waals surface area contributed by atoms with Gasteiger partial charge in [0.25, 0.3) is 11.8 Å². The van der Waals surface area contributed by atoms with Crippen LogP contribution in [0.25, 0.3) is 10.8 Å². The Morgan fingerprint density at radius 2 is 2.09 bits per heavy atom. The summed E-state index contributed by atoms with van der Waals surface area (Å²) in [6.45, 7) is 2.17. The fraction of sp³-hybridized carbons (Fsp3) is 0.375. The maximum atomic E-state index is 13.5. The van der Waals surface area contributed by atoms with Gasteiger partial charge in [-0.15, -0.1) is 21.5 Å². The predicted octanol–water partition coefficient (Wildman–Crippen LogP) is 3.32. The van der Waals surface area contributed by atoms with Crippen molar-refractivity contribution in [1.82, 2.24) is 25.3 Å². The second kappa shape index (κ2) is 9.02. The smallest absolute Gasteiger partial charge is 0.325 e. The number of rotatable bonds is 7. The van der Waals surface area contributed by atoms with Crippen molar-refractivity contribution in [3.8, 4) is 10.8 Å². The van der Waals surface area contributed by atoms with Gasteiger partial charge in [-0.05, 0) is 48.3 Å². The van der Waals surface area contributed by atoms with Crippen LogP contribution in [-0.4, -0.2) is 50.9 Å². The van der Waals surface area contributed by atoms with Gasteiger partial charge in [0.15, 0.2) is 0 Å². The molecule has 0 radical (unpaired) electrons. The van der Waals surface area contributed by atoms with Crippen LogP contribution in [0.15, 0.2) is 46.2 Å². The molecule has 0 saturated carbocycles. The van der Waals surface area contributed by atoms with Crippen molar-refractivity contribution in [2.24, 2.45) is 0 Å². The van der Waals surface area contributed by atoms with Gasteiger partial charge >= 0.3 is 6.03 Å². The number of aryl methyl sites for hydroxylation is 1. The van der Waals surface area contributed by atoms with E-state index in [-0.39, 0.29) is 24.9 Å². The largest absolute Gasteiger partial charge is 0.418 e. The first-order valence-electron chi connectivity index (χ1n) is 11.4. The highest BCUT2D eigenvalue weighted by atomic mass is 32.1. The van der Waals surface area contributed by atoms with E-state index in [0.29, 0.717) is 31.2 Å². The summed E-state index contributed by atoms with van der Waals surface area (Å²) in [4.78, 5) is 43.0. The Kier molecular flexibility index (Phi) is 5.91. The van der Waals surface area contributed by atoms with Crippen LogP contribution in [-0.2, 0) is 28.1 Å². The van der Waals surface area contributed by atoms with Gasteiger partial charge < -0.3 is 14.6 Å². The highest BCUT2D eigenvalue weighted by Gasteiger charge is 2.54. The monoisotopic (exact) mass is 479 g/mol. The van der Waals surface area contributed by atoms with E-state index in [0.717, 1.165) is 33.7 Å². The Morgan fingerprint density at radius 1 is 1.24 bits per heavy atom. The number of hydrogen-bond acceptors (Lipinski definition) is 7. The molecule has 176 valence electrons. The topological polar surface area (TPSA) is 109 Å². The molecule has 9 nitrogen and oxygen atoms in total. The number of amides is 4. The average molecular weight is 480 g/mol. The fourth-order valence-corrected chi connectivity index (χ4v) is 5.38.